The molecule has 0 saturated carbocycles. The third-order valence-electron chi connectivity index (χ3n) is 2.09. The molecule has 0 fully saturated rings. The van der Waals surface area contributed by atoms with Crippen LogP contribution in [0.25, 0.3) is 0 Å². The van der Waals surface area contributed by atoms with Crippen LogP contribution in [0.2, 0.25) is 0 Å². The summed E-state index contributed by atoms with van der Waals surface area (Å²) in [6, 6.07) is 4.76. The maximum Gasteiger partial charge on any atom is 0.299 e. The minimum Gasteiger partial charge on any atom is -0.506 e. The molecule has 1 rings (SSSR count). The number of phenols is 1. The van der Waals surface area contributed by atoms with Gasteiger partial charge in [-0.1, -0.05) is 12.1 Å². The minimum atomic E-state index is -3.69. The highest BCUT2D eigenvalue weighted by atomic mass is 32.2. The van der Waals surface area contributed by atoms with E-state index in [0.717, 1.165) is 0 Å². The lowest BCUT2D eigenvalue weighted by molar-refractivity contribution is 0.204. The third kappa shape index (κ3) is 4.22. The lowest BCUT2D eigenvalue weighted by Gasteiger charge is -2.12. The van der Waals surface area contributed by atoms with Gasteiger partial charge >= 0.3 is 0 Å². The fraction of sp³-hybridized carbons (Fsp3) is 0.400. The van der Waals surface area contributed by atoms with Gasteiger partial charge in [0, 0.05) is 13.7 Å². The second-order valence-electron chi connectivity index (χ2n) is 3.46. The lowest BCUT2D eigenvalue weighted by Crippen LogP contribution is -2.32. The van der Waals surface area contributed by atoms with Crippen LogP contribution in [-0.4, -0.2) is 33.8 Å². The summed E-state index contributed by atoms with van der Waals surface area (Å²) in [5.74, 6) is -0.109. The number of aryl methyl sites for hydroxylation is 1. The summed E-state index contributed by atoms with van der Waals surface area (Å²) in [6.45, 7) is 2.14. The van der Waals surface area contributed by atoms with Crippen molar-refractivity contribution in [3.05, 3.63) is 23.8 Å². The van der Waals surface area contributed by atoms with E-state index in [4.69, 9.17) is 4.74 Å². The molecule has 0 saturated heterocycles. The monoisotopic (exact) mass is 260 g/mol. The molecule has 0 radical (unpaired) electrons. The molecule has 0 spiro atoms. The van der Waals surface area contributed by atoms with Crippen LogP contribution in [-0.2, 0) is 14.9 Å². The zero-order chi connectivity index (χ0) is 12.9. The van der Waals surface area contributed by atoms with Gasteiger partial charge in [0.1, 0.15) is 5.75 Å². The Bertz CT molecular complexity index is 453. The topological polar surface area (TPSA) is 87.7 Å². The Morgan fingerprint density at radius 2 is 2.12 bits per heavy atom. The van der Waals surface area contributed by atoms with Crippen molar-refractivity contribution in [2.75, 3.05) is 25.0 Å². The van der Waals surface area contributed by atoms with E-state index in [-0.39, 0.29) is 24.6 Å². The number of hydrogen-bond acceptors (Lipinski definition) is 4. The molecule has 7 heteroatoms. The molecule has 3 N–H and O–H groups in total. The lowest BCUT2D eigenvalue weighted by atomic mass is 10.2. The second-order valence-corrected chi connectivity index (χ2v) is 4.96. The Morgan fingerprint density at radius 3 is 2.71 bits per heavy atom. The molecule has 17 heavy (non-hydrogen) atoms. The summed E-state index contributed by atoms with van der Waals surface area (Å²) in [5, 5.41) is 9.55. The Hall–Kier alpha value is -1.31. The fourth-order valence-corrected chi connectivity index (χ4v) is 2.19. The van der Waals surface area contributed by atoms with Crippen LogP contribution in [0.15, 0.2) is 18.2 Å². The van der Waals surface area contributed by atoms with Crippen LogP contribution in [0, 0.1) is 6.92 Å². The second kappa shape index (κ2) is 5.85. The first kappa shape index (κ1) is 13.8. The van der Waals surface area contributed by atoms with Crippen LogP contribution in [0.1, 0.15) is 5.56 Å². The first-order chi connectivity index (χ1) is 7.96. The van der Waals surface area contributed by atoms with Crippen molar-refractivity contribution >= 4 is 15.9 Å². The number of nitrogens with one attached hydrogen (secondary N) is 2. The van der Waals surface area contributed by atoms with Gasteiger partial charge in [-0.25, -0.2) is 0 Å². The van der Waals surface area contributed by atoms with Gasteiger partial charge in [-0.3, -0.25) is 4.72 Å². The number of ether oxygens (including phenoxy) is 1. The Balaban J connectivity index is 2.76. The molecule has 0 aromatic heterocycles. The number of methoxy groups -OCH3 is 1. The molecular formula is C10H16N2O4S. The minimum absolute atomic E-state index is 0.109. The highest BCUT2D eigenvalue weighted by molar-refractivity contribution is 7.90. The summed E-state index contributed by atoms with van der Waals surface area (Å²) in [4.78, 5) is 0. The number of hydrogen-bond donors (Lipinski definition) is 3. The first-order valence-corrected chi connectivity index (χ1v) is 6.49. The van der Waals surface area contributed by atoms with Gasteiger partial charge in [-0.2, -0.15) is 13.1 Å². The van der Waals surface area contributed by atoms with E-state index in [0.29, 0.717) is 5.56 Å². The SMILES string of the molecule is COCCNS(=O)(=O)Nc1c(C)cccc1O. The van der Waals surface area contributed by atoms with Crippen molar-refractivity contribution in [2.24, 2.45) is 0 Å². The van der Waals surface area contributed by atoms with Crippen molar-refractivity contribution in [3.63, 3.8) is 0 Å². The van der Waals surface area contributed by atoms with E-state index in [1.807, 2.05) is 0 Å². The number of anilines is 1. The predicted octanol–water partition coefficient (Wildman–Crippen LogP) is 0.593. The van der Waals surface area contributed by atoms with Gasteiger partial charge in [0.15, 0.2) is 0 Å². The molecule has 0 aliphatic heterocycles. The van der Waals surface area contributed by atoms with Gasteiger partial charge in [0.25, 0.3) is 10.2 Å². The van der Waals surface area contributed by atoms with Crippen molar-refractivity contribution in [2.45, 2.75) is 6.92 Å². The Labute approximate surface area is 101 Å². The average Bonchev–Trinajstić information content (AvgIpc) is 2.24. The normalized spacial score (nSPS) is 11.4. The summed E-state index contributed by atoms with van der Waals surface area (Å²) in [7, 11) is -2.21. The Kier molecular flexibility index (Phi) is 4.73. The third-order valence-corrected chi connectivity index (χ3v) is 3.14. The molecular weight excluding hydrogens is 244 g/mol. The number of aromatic hydroxyl groups is 1. The number of rotatable bonds is 6. The molecule has 0 heterocycles. The smallest absolute Gasteiger partial charge is 0.299 e. The maximum absolute atomic E-state index is 11.6. The maximum atomic E-state index is 11.6. The summed E-state index contributed by atoms with van der Waals surface area (Å²) in [6.07, 6.45) is 0. The Morgan fingerprint density at radius 1 is 1.41 bits per heavy atom. The number of benzene rings is 1. The van der Waals surface area contributed by atoms with Gasteiger partial charge in [0.2, 0.25) is 0 Å². The van der Waals surface area contributed by atoms with E-state index >= 15 is 0 Å². The summed E-state index contributed by atoms with van der Waals surface area (Å²) in [5.41, 5.74) is 0.819. The molecule has 0 amide bonds. The largest absolute Gasteiger partial charge is 0.506 e. The summed E-state index contributed by atoms with van der Waals surface area (Å²) >= 11 is 0. The van der Waals surface area contributed by atoms with E-state index in [1.54, 1.807) is 19.1 Å². The molecule has 0 aliphatic carbocycles. The van der Waals surface area contributed by atoms with E-state index in [1.165, 1.54) is 13.2 Å². The van der Waals surface area contributed by atoms with Crippen LogP contribution >= 0.6 is 0 Å². The molecule has 0 atom stereocenters. The van der Waals surface area contributed by atoms with E-state index in [9.17, 15) is 13.5 Å². The molecule has 96 valence electrons. The van der Waals surface area contributed by atoms with Gasteiger partial charge in [-0.05, 0) is 18.6 Å². The molecule has 1 aromatic carbocycles. The molecule has 0 unspecified atom stereocenters. The highest BCUT2D eigenvalue weighted by Gasteiger charge is 2.13. The van der Waals surface area contributed by atoms with Crippen LogP contribution in [0.5, 0.6) is 5.75 Å². The van der Waals surface area contributed by atoms with Crippen molar-refractivity contribution in [3.8, 4) is 5.75 Å². The standard InChI is InChI=1S/C10H16N2O4S/c1-8-4-3-5-9(13)10(8)12-17(14,15)11-6-7-16-2/h3-5,11-13H,6-7H2,1-2H3. The molecule has 0 aliphatic rings. The fourth-order valence-electron chi connectivity index (χ4n) is 1.23. The predicted molar refractivity (Wildman–Crippen MR) is 65.3 cm³/mol. The molecule has 0 bridgehead atoms. The summed E-state index contributed by atoms with van der Waals surface area (Å²) < 4.78 is 32.5. The number of para-hydroxylation sites is 1. The van der Waals surface area contributed by atoms with E-state index in [2.05, 4.69) is 9.44 Å². The molecule has 6 nitrogen and oxygen atoms in total. The first-order valence-electron chi connectivity index (χ1n) is 5.01. The zero-order valence-electron chi connectivity index (χ0n) is 9.73. The highest BCUT2D eigenvalue weighted by Crippen LogP contribution is 2.26. The van der Waals surface area contributed by atoms with Crippen LogP contribution in [0.3, 0.4) is 0 Å². The van der Waals surface area contributed by atoms with E-state index < -0.39 is 10.2 Å². The van der Waals surface area contributed by atoms with Crippen LogP contribution < -0.4 is 9.44 Å². The van der Waals surface area contributed by atoms with Crippen molar-refractivity contribution in [1.29, 1.82) is 0 Å². The van der Waals surface area contributed by atoms with Gasteiger partial charge < -0.3 is 9.84 Å². The number of phenolic OH excluding ortho intramolecular Hbond substituents is 1. The van der Waals surface area contributed by atoms with Crippen LogP contribution in [0.4, 0.5) is 5.69 Å². The van der Waals surface area contributed by atoms with Crippen molar-refractivity contribution < 1.29 is 18.3 Å². The average molecular weight is 260 g/mol. The van der Waals surface area contributed by atoms with Gasteiger partial charge in [0.05, 0.1) is 12.3 Å². The quantitative estimate of drug-likeness (QED) is 0.516. The van der Waals surface area contributed by atoms with Gasteiger partial charge in [-0.15, -0.1) is 0 Å². The zero-order valence-corrected chi connectivity index (χ0v) is 10.5. The molecule has 1 aromatic rings. The van der Waals surface area contributed by atoms with Crippen molar-refractivity contribution in [1.82, 2.24) is 4.72 Å².